The average Bonchev–Trinajstić information content (AvgIpc) is 2.62. The summed E-state index contributed by atoms with van der Waals surface area (Å²) in [6.07, 6.45) is 2.83. The molecule has 1 aliphatic heterocycles. The van der Waals surface area contributed by atoms with Gasteiger partial charge in [0.05, 0.1) is 18.1 Å². The van der Waals surface area contributed by atoms with Crippen LogP contribution in [0.5, 0.6) is 0 Å². The van der Waals surface area contributed by atoms with E-state index in [0.29, 0.717) is 25.4 Å². The summed E-state index contributed by atoms with van der Waals surface area (Å²) in [4.78, 5) is 18.1. The fourth-order valence-corrected chi connectivity index (χ4v) is 4.27. The third kappa shape index (κ3) is 5.18. The van der Waals surface area contributed by atoms with Crippen molar-refractivity contribution in [1.29, 1.82) is 0 Å². The number of rotatable bonds is 4. The molecule has 1 aromatic rings. The normalized spacial score (nSPS) is 20.8. The van der Waals surface area contributed by atoms with Gasteiger partial charge in [0.25, 0.3) is 0 Å². The lowest BCUT2D eigenvalue weighted by atomic mass is 10.2. The number of pyridine rings is 1. The van der Waals surface area contributed by atoms with E-state index in [1.807, 2.05) is 6.07 Å². The summed E-state index contributed by atoms with van der Waals surface area (Å²) in [7, 11) is -1.44. The van der Waals surface area contributed by atoms with Crippen LogP contribution in [-0.4, -0.2) is 62.1 Å². The highest BCUT2D eigenvalue weighted by Crippen LogP contribution is 2.14. The Morgan fingerprint density at radius 2 is 2.30 bits per heavy atom. The molecule has 1 aliphatic rings. The van der Waals surface area contributed by atoms with Gasteiger partial charge < -0.3 is 9.64 Å². The Labute approximate surface area is 137 Å². The molecule has 128 valence electrons. The first-order chi connectivity index (χ1) is 10.9. The molecule has 1 saturated heterocycles. The minimum absolute atomic E-state index is 0.00171. The maximum atomic E-state index is 12.4. The standard InChI is InChI=1S/C15H23N3O4S/c1-12-11-23(20,21)9-3-7-18(12)15(19)17-14-10-13(4-6-16-14)5-8-22-2/h4,6,10,12H,3,5,7-9,11H2,1-2H3,(H,16,17,19)/t12-/m0/s1. The van der Waals surface area contributed by atoms with Gasteiger partial charge in [-0.15, -0.1) is 0 Å². The summed E-state index contributed by atoms with van der Waals surface area (Å²) < 4.78 is 28.6. The zero-order valence-corrected chi connectivity index (χ0v) is 14.3. The van der Waals surface area contributed by atoms with E-state index in [-0.39, 0.29) is 23.6 Å². The fourth-order valence-electron chi connectivity index (χ4n) is 2.62. The number of urea groups is 1. The lowest BCUT2D eigenvalue weighted by Crippen LogP contribution is -2.43. The molecule has 8 heteroatoms. The molecule has 23 heavy (non-hydrogen) atoms. The van der Waals surface area contributed by atoms with Gasteiger partial charge in [0.1, 0.15) is 5.82 Å². The molecule has 1 N–H and O–H groups in total. The van der Waals surface area contributed by atoms with Crippen LogP contribution in [0.1, 0.15) is 18.9 Å². The molecule has 1 atom stereocenters. The van der Waals surface area contributed by atoms with Gasteiger partial charge in [-0.25, -0.2) is 18.2 Å². The van der Waals surface area contributed by atoms with E-state index in [9.17, 15) is 13.2 Å². The monoisotopic (exact) mass is 341 g/mol. The molecule has 0 spiro atoms. The largest absolute Gasteiger partial charge is 0.384 e. The summed E-state index contributed by atoms with van der Waals surface area (Å²) in [6, 6.07) is 3.01. The minimum Gasteiger partial charge on any atom is -0.384 e. The van der Waals surface area contributed by atoms with Gasteiger partial charge in [0.2, 0.25) is 0 Å². The number of aromatic nitrogens is 1. The van der Waals surface area contributed by atoms with E-state index in [1.54, 1.807) is 31.2 Å². The van der Waals surface area contributed by atoms with Crippen LogP contribution >= 0.6 is 0 Å². The smallest absolute Gasteiger partial charge is 0.323 e. The van der Waals surface area contributed by atoms with Crippen molar-refractivity contribution in [2.45, 2.75) is 25.8 Å². The molecule has 0 aromatic carbocycles. The highest BCUT2D eigenvalue weighted by atomic mass is 32.2. The van der Waals surface area contributed by atoms with Crippen molar-refractivity contribution in [2.75, 3.05) is 37.1 Å². The average molecular weight is 341 g/mol. The molecule has 1 aromatic heterocycles. The second-order valence-corrected chi connectivity index (χ2v) is 7.96. The van der Waals surface area contributed by atoms with Crippen LogP contribution in [0.15, 0.2) is 18.3 Å². The number of nitrogens with zero attached hydrogens (tertiary/aromatic N) is 2. The van der Waals surface area contributed by atoms with E-state index in [1.165, 1.54) is 0 Å². The SMILES string of the molecule is COCCc1ccnc(NC(=O)N2CCCS(=O)(=O)C[C@@H]2C)c1. The van der Waals surface area contributed by atoms with Gasteiger partial charge in [-0.2, -0.15) is 0 Å². The molecule has 0 unspecified atom stereocenters. The topological polar surface area (TPSA) is 88.6 Å². The molecular weight excluding hydrogens is 318 g/mol. The lowest BCUT2D eigenvalue weighted by molar-refractivity contribution is 0.199. The molecule has 0 bridgehead atoms. The van der Waals surface area contributed by atoms with Gasteiger partial charge in [-0.05, 0) is 37.5 Å². The van der Waals surface area contributed by atoms with E-state index < -0.39 is 9.84 Å². The Kier molecular flexibility index (Phi) is 5.95. The van der Waals surface area contributed by atoms with Gasteiger partial charge >= 0.3 is 6.03 Å². The number of amides is 2. The van der Waals surface area contributed by atoms with Crippen LogP contribution in [0.25, 0.3) is 0 Å². The number of anilines is 1. The first-order valence-corrected chi connectivity index (χ1v) is 9.45. The van der Waals surface area contributed by atoms with Crippen molar-refractivity contribution >= 4 is 21.7 Å². The third-order valence-corrected chi connectivity index (χ3v) is 5.70. The summed E-state index contributed by atoms with van der Waals surface area (Å²) in [5, 5.41) is 2.75. The summed E-state index contributed by atoms with van der Waals surface area (Å²) in [5.41, 5.74) is 1.02. The Hall–Kier alpha value is -1.67. The van der Waals surface area contributed by atoms with E-state index >= 15 is 0 Å². The van der Waals surface area contributed by atoms with Crippen molar-refractivity contribution in [3.05, 3.63) is 23.9 Å². The van der Waals surface area contributed by atoms with Crippen LogP contribution in [0.4, 0.5) is 10.6 Å². The molecule has 2 heterocycles. The fraction of sp³-hybridized carbons (Fsp3) is 0.600. The number of hydrogen-bond donors (Lipinski definition) is 1. The molecule has 7 nitrogen and oxygen atoms in total. The second-order valence-electron chi connectivity index (χ2n) is 5.73. The Bertz CT molecular complexity index is 648. The minimum atomic E-state index is -3.08. The maximum absolute atomic E-state index is 12.4. The number of carbonyl (C=O) groups is 1. The van der Waals surface area contributed by atoms with Crippen molar-refractivity contribution in [2.24, 2.45) is 0 Å². The number of sulfone groups is 1. The first-order valence-electron chi connectivity index (χ1n) is 7.63. The zero-order valence-electron chi connectivity index (χ0n) is 13.5. The van der Waals surface area contributed by atoms with Crippen molar-refractivity contribution < 1.29 is 17.9 Å². The van der Waals surface area contributed by atoms with Gasteiger partial charge in [0.15, 0.2) is 9.84 Å². The van der Waals surface area contributed by atoms with E-state index in [2.05, 4.69) is 10.3 Å². The molecule has 0 radical (unpaired) electrons. The van der Waals surface area contributed by atoms with E-state index in [4.69, 9.17) is 4.74 Å². The summed E-state index contributed by atoms with van der Waals surface area (Å²) >= 11 is 0. The Morgan fingerprint density at radius 3 is 3.04 bits per heavy atom. The maximum Gasteiger partial charge on any atom is 0.323 e. The third-order valence-electron chi connectivity index (χ3n) is 3.80. The molecule has 1 fully saturated rings. The van der Waals surface area contributed by atoms with Gasteiger partial charge in [0, 0.05) is 25.9 Å². The Morgan fingerprint density at radius 1 is 1.52 bits per heavy atom. The zero-order chi connectivity index (χ0) is 16.9. The summed E-state index contributed by atoms with van der Waals surface area (Å²) in [6.45, 7) is 2.78. The Balaban J connectivity index is 2.03. The summed E-state index contributed by atoms with van der Waals surface area (Å²) in [5.74, 6) is 0.594. The quantitative estimate of drug-likeness (QED) is 0.892. The predicted molar refractivity (Wildman–Crippen MR) is 88.3 cm³/mol. The van der Waals surface area contributed by atoms with Crippen LogP contribution in [0.2, 0.25) is 0 Å². The molecule has 0 aliphatic carbocycles. The highest BCUT2D eigenvalue weighted by molar-refractivity contribution is 7.91. The van der Waals surface area contributed by atoms with Crippen LogP contribution in [-0.2, 0) is 21.0 Å². The molecule has 0 saturated carbocycles. The number of nitrogens with one attached hydrogen (secondary N) is 1. The molecule has 2 rings (SSSR count). The van der Waals surface area contributed by atoms with Crippen molar-refractivity contribution in [1.82, 2.24) is 9.88 Å². The number of carbonyl (C=O) groups excluding carboxylic acids is 1. The number of hydrogen-bond acceptors (Lipinski definition) is 5. The first kappa shape index (κ1) is 17.7. The van der Waals surface area contributed by atoms with Crippen LogP contribution in [0, 0.1) is 0 Å². The van der Waals surface area contributed by atoms with Crippen molar-refractivity contribution in [3.8, 4) is 0 Å². The van der Waals surface area contributed by atoms with Gasteiger partial charge in [-0.3, -0.25) is 5.32 Å². The number of ether oxygens (including phenoxy) is 1. The van der Waals surface area contributed by atoms with Crippen molar-refractivity contribution in [3.63, 3.8) is 0 Å². The van der Waals surface area contributed by atoms with Crippen LogP contribution in [0.3, 0.4) is 0 Å². The second kappa shape index (κ2) is 7.74. The van der Waals surface area contributed by atoms with Crippen LogP contribution < -0.4 is 5.32 Å². The number of methoxy groups -OCH3 is 1. The highest BCUT2D eigenvalue weighted by Gasteiger charge is 2.28. The molecular formula is C15H23N3O4S. The van der Waals surface area contributed by atoms with Gasteiger partial charge in [-0.1, -0.05) is 0 Å². The predicted octanol–water partition coefficient (Wildman–Crippen LogP) is 1.31. The molecule has 2 amide bonds. The lowest BCUT2D eigenvalue weighted by Gasteiger charge is -2.26. The van der Waals surface area contributed by atoms with E-state index in [0.717, 1.165) is 12.0 Å².